The number of carbonyl (C=O) groups is 1. The summed E-state index contributed by atoms with van der Waals surface area (Å²) < 4.78 is 0. The summed E-state index contributed by atoms with van der Waals surface area (Å²) in [7, 11) is 0. The zero-order valence-corrected chi connectivity index (χ0v) is 8.70. The number of thiazole rings is 1. The van der Waals surface area contributed by atoms with E-state index in [1.807, 2.05) is 12.1 Å². The molecule has 76 valence electrons. The van der Waals surface area contributed by atoms with Crippen molar-refractivity contribution in [2.24, 2.45) is 0 Å². The molecule has 0 aliphatic rings. The number of hydrogen-bond donors (Lipinski definition) is 1. The van der Waals surface area contributed by atoms with E-state index in [1.165, 1.54) is 11.3 Å². The Hall–Kier alpha value is -1.68. The largest absolute Gasteiger partial charge is 0.508 e. The highest BCUT2D eigenvalue weighted by molar-refractivity contribution is 7.13. The molecule has 0 spiro atoms. The number of phenols is 1. The number of benzene rings is 1. The van der Waals surface area contributed by atoms with Gasteiger partial charge in [0.2, 0.25) is 0 Å². The van der Waals surface area contributed by atoms with Gasteiger partial charge in [-0.3, -0.25) is 4.79 Å². The lowest BCUT2D eigenvalue weighted by Gasteiger charge is -1.97. The normalized spacial score (nSPS) is 10.1. The predicted molar refractivity (Wildman–Crippen MR) is 58.4 cm³/mol. The van der Waals surface area contributed by atoms with Crippen molar-refractivity contribution in [1.82, 2.24) is 4.98 Å². The van der Waals surface area contributed by atoms with Gasteiger partial charge in [0, 0.05) is 12.6 Å². The summed E-state index contributed by atoms with van der Waals surface area (Å²) in [5.74, 6) is 0.256. The van der Waals surface area contributed by atoms with E-state index in [9.17, 15) is 4.79 Å². The molecular weight excluding hydrogens is 210 g/mol. The van der Waals surface area contributed by atoms with Gasteiger partial charge in [0.05, 0.1) is 9.88 Å². The minimum absolute atomic E-state index is 0.256. The Balaban J connectivity index is 2.14. The summed E-state index contributed by atoms with van der Waals surface area (Å²) in [4.78, 5) is 15.2. The smallest absolute Gasteiger partial charge is 0.161 e. The second kappa shape index (κ2) is 4.23. The summed E-state index contributed by atoms with van der Waals surface area (Å²) in [5.41, 5.74) is 1.07. The van der Waals surface area contributed by atoms with Crippen LogP contribution < -0.4 is 0 Å². The molecule has 0 atom stereocenters. The molecule has 0 bridgehead atoms. The molecule has 4 heteroatoms. The van der Waals surface area contributed by atoms with Gasteiger partial charge in [-0.05, 0) is 17.7 Å². The second-order valence-electron chi connectivity index (χ2n) is 3.12. The van der Waals surface area contributed by atoms with Crippen LogP contribution in [-0.2, 0) is 6.42 Å². The van der Waals surface area contributed by atoms with Crippen LogP contribution in [0.3, 0.4) is 0 Å². The van der Waals surface area contributed by atoms with Crippen LogP contribution in [0.4, 0.5) is 0 Å². The molecule has 1 aromatic carbocycles. The van der Waals surface area contributed by atoms with Gasteiger partial charge in [-0.15, -0.1) is 11.3 Å². The summed E-state index contributed by atoms with van der Waals surface area (Å²) in [6, 6.07) is 6.97. The van der Waals surface area contributed by atoms with Crippen LogP contribution in [0.5, 0.6) is 5.75 Å². The number of aldehydes is 1. The summed E-state index contributed by atoms with van der Waals surface area (Å²) in [6.45, 7) is 0. The molecule has 2 aromatic rings. The third kappa shape index (κ3) is 2.41. The van der Waals surface area contributed by atoms with E-state index in [2.05, 4.69) is 4.98 Å². The maximum Gasteiger partial charge on any atom is 0.161 e. The van der Waals surface area contributed by atoms with Crippen molar-refractivity contribution in [2.45, 2.75) is 6.42 Å². The first-order valence-corrected chi connectivity index (χ1v) is 5.27. The van der Waals surface area contributed by atoms with Gasteiger partial charge in [0.25, 0.3) is 0 Å². The van der Waals surface area contributed by atoms with Crippen LogP contribution in [0.15, 0.2) is 30.5 Å². The van der Waals surface area contributed by atoms with Gasteiger partial charge in [0.15, 0.2) is 6.29 Å². The fraction of sp³-hybridized carbons (Fsp3) is 0.0909. The van der Waals surface area contributed by atoms with Gasteiger partial charge in [-0.2, -0.15) is 0 Å². The molecule has 0 amide bonds. The van der Waals surface area contributed by atoms with E-state index in [1.54, 1.807) is 18.3 Å². The lowest BCUT2D eigenvalue weighted by atomic mass is 10.1. The van der Waals surface area contributed by atoms with Crippen molar-refractivity contribution in [1.29, 1.82) is 0 Å². The first-order chi connectivity index (χ1) is 7.28. The summed E-state index contributed by atoms with van der Waals surface area (Å²) in [6.07, 6.45) is 3.07. The molecule has 0 saturated carbocycles. The van der Waals surface area contributed by atoms with Gasteiger partial charge >= 0.3 is 0 Å². The minimum atomic E-state index is 0.256. The molecular formula is C11H9NO2S. The number of hydrogen-bond acceptors (Lipinski definition) is 4. The Labute approximate surface area is 91.0 Å². The first kappa shape index (κ1) is 9.86. The zero-order valence-electron chi connectivity index (χ0n) is 7.88. The number of nitrogens with zero attached hydrogens (tertiary/aromatic N) is 1. The number of aromatic hydroxyl groups is 1. The Morgan fingerprint density at radius 1 is 1.33 bits per heavy atom. The lowest BCUT2D eigenvalue weighted by Crippen LogP contribution is -1.85. The summed E-state index contributed by atoms with van der Waals surface area (Å²) in [5, 5.41) is 10.0. The number of aromatic nitrogens is 1. The number of rotatable bonds is 3. The predicted octanol–water partition coefficient (Wildman–Crippen LogP) is 2.25. The van der Waals surface area contributed by atoms with Gasteiger partial charge in [-0.1, -0.05) is 12.1 Å². The SMILES string of the molecule is O=Cc1cnc(Cc2ccc(O)cc2)s1. The number of carbonyl (C=O) groups excluding carboxylic acids is 1. The first-order valence-electron chi connectivity index (χ1n) is 4.46. The van der Waals surface area contributed by atoms with Crippen molar-refractivity contribution in [3.05, 3.63) is 45.9 Å². The zero-order chi connectivity index (χ0) is 10.7. The van der Waals surface area contributed by atoms with Gasteiger partial charge in [-0.25, -0.2) is 4.98 Å². The van der Waals surface area contributed by atoms with E-state index in [-0.39, 0.29) is 5.75 Å². The van der Waals surface area contributed by atoms with Crippen LogP contribution in [-0.4, -0.2) is 16.4 Å². The fourth-order valence-electron chi connectivity index (χ4n) is 1.25. The van der Waals surface area contributed by atoms with Gasteiger partial charge < -0.3 is 5.11 Å². The van der Waals surface area contributed by atoms with Crippen molar-refractivity contribution >= 4 is 17.6 Å². The maximum absolute atomic E-state index is 10.5. The Bertz CT molecular complexity index is 462. The van der Waals surface area contributed by atoms with Crippen LogP contribution in [0.1, 0.15) is 20.2 Å². The molecule has 1 N–H and O–H groups in total. The minimum Gasteiger partial charge on any atom is -0.508 e. The van der Waals surface area contributed by atoms with Crippen LogP contribution in [0.2, 0.25) is 0 Å². The van der Waals surface area contributed by atoms with Crippen LogP contribution in [0, 0.1) is 0 Å². The molecule has 0 radical (unpaired) electrons. The van der Waals surface area contributed by atoms with Crippen LogP contribution >= 0.6 is 11.3 Å². The highest BCUT2D eigenvalue weighted by Gasteiger charge is 2.02. The third-order valence-electron chi connectivity index (χ3n) is 1.98. The standard InChI is InChI=1S/C11H9NO2S/c13-7-10-6-12-11(15-10)5-8-1-3-9(14)4-2-8/h1-4,6-7,14H,5H2. The van der Waals surface area contributed by atoms with E-state index in [4.69, 9.17) is 5.11 Å². The maximum atomic E-state index is 10.5. The molecule has 0 aliphatic heterocycles. The molecule has 0 fully saturated rings. The van der Waals surface area contributed by atoms with Crippen molar-refractivity contribution < 1.29 is 9.90 Å². The lowest BCUT2D eigenvalue weighted by molar-refractivity contribution is 0.112. The molecule has 1 aromatic heterocycles. The van der Waals surface area contributed by atoms with Crippen LogP contribution in [0.25, 0.3) is 0 Å². The Kier molecular flexibility index (Phi) is 2.78. The molecule has 2 rings (SSSR count). The van der Waals surface area contributed by atoms with E-state index < -0.39 is 0 Å². The van der Waals surface area contributed by atoms with E-state index >= 15 is 0 Å². The number of phenolic OH excluding ortho intramolecular Hbond substituents is 1. The second-order valence-corrected chi connectivity index (χ2v) is 4.26. The molecule has 1 heterocycles. The molecule has 0 aliphatic carbocycles. The highest BCUT2D eigenvalue weighted by Crippen LogP contribution is 2.17. The fourth-order valence-corrected chi connectivity index (χ4v) is 2.02. The highest BCUT2D eigenvalue weighted by atomic mass is 32.1. The third-order valence-corrected chi connectivity index (χ3v) is 2.90. The molecule has 0 unspecified atom stereocenters. The average molecular weight is 219 g/mol. The van der Waals surface area contributed by atoms with E-state index in [0.717, 1.165) is 16.9 Å². The monoisotopic (exact) mass is 219 g/mol. The average Bonchev–Trinajstić information content (AvgIpc) is 2.69. The topological polar surface area (TPSA) is 50.2 Å². The molecule has 0 saturated heterocycles. The molecule has 15 heavy (non-hydrogen) atoms. The van der Waals surface area contributed by atoms with Crippen molar-refractivity contribution in [3.8, 4) is 5.75 Å². The molecule has 3 nitrogen and oxygen atoms in total. The summed E-state index contributed by atoms with van der Waals surface area (Å²) >= 11 is 1.39. The van der Waals surface area contributed by atoms with Crippen molar-refractivity contribution in [2.75, 3.05) is 0 Å². The van der Waals surface area contributed by atoms with Gasteiger partial charge in [0.1, 0.15) is 5.75 Å². The Morgan fingerprint density at radius 2 is 2.07 bits per heavy atom. The van der Waals surface area contributed by atoms with Crippen molar-refractivity contribution in [3.63, 3.8) is 0 Å². The quantitative estimate of drug-likeness (QED) is 0.805. The van der Waals surface area contributed by atoms with E-state index in [0.29, 0.717) is 11.3 Å². The Morgan fingerprint density at radius 3 is 2.67 bits per heavy atom.